The Morgan fingerprint density at radius 2 is 0.714 bits per heavy atom. The Morgan fingerprint density at radius 3 is 1.02 bits per heavy atom. The van der Waals surface area contributed by atoms with Gasteiger partial charge in [-0.05, 0) is 362 Å². The standard InChI is InChI=1S/2C17H28O2.C16H22O6.2C16H26O3.2C10H16O4/c2*1-5-16(2,3)15(18)19-17(4)13-7-11-6-12(9-13)10-14(17)8-11;1-5-16(2,3)15(19)22-12-7-6-8-10(9(7)13(17)20-4)14(18)21-11(8)12;2*1-4-14(2,3)13(17)19-16-8-11-5-12(9-16)7-15(18,6-11)10-16;1-4-10(2,3)9(12)14-7-5-8(11)13-6-7;1-4-10(2,3)9(12)14-7-5-6-13-8(7)11/h2*11-14H,5-10H2,1-4H3;7-12H,5-6H2,1-4H3;2*11-12,18H,4-10H2,1-3H3;2*7H,4-6H2,1-3H3. The highest BCUT2D eigenvalue weighted by Crippen LogP contribution is 2.65. The smallest absolute Gasteiger partial charge is 0.347 e. The quantitative estimate of drug-likeness (QED) is 0.0751. The number of hydrogen-bond donors (Lipinski definition) is 2. The van der Waals surface area contributed by atoms with Crippen molar-refractivity contribution in [2.75, 3.05) is 20.3 Å². The molecule has 24 heteroatoms. The van der Waals surface area contributed by atoms with Gasteiger partial charge >= 0.3 is 65.7 Å². The van der Waals surface area contributed by atoms with Crippen molar-refractivity contribution in [3.8, 4) is 0 Å². The molecule has 3 aliphatic heterocycles. The van der Waals surface area contributed by atoms with Crippen LogP contribution < -0.4 is 0 Å². The summed E-state index contributed by atoms with van der Waals surface area (Å²) >= 11 is 0. The lowest BCUT2D eigenvalue weighted by Crippen LogP contribution is -2.61. The van der Waals surface area contributed by atoms with Gasteiger partial charge in [-0.1, -0.05) is 48.5 Å². The van der Waals surface area contributed by atoms with E-state index >= 15 is 0 Å². The molecule has 18 bridgehead atoms. The zero-order chi connectivity index (χ0) is 93.2. The predicted octanol–water partition coefficient (Wildman–Crippen LogP) is 18.3. The van der Waals surface area contributed by atoms with Gasteiger partial charge in [0.1, 0.15) is 47.3 Å². The van der Waals surface area contributed by atoms with Gasteiger partial charge in [-0.25, -0.2) is 4.79 Å². The molecule has 0 aromatic rings. The van der Waals surface area contributed by atoms with Crippen LogP contribution >= 0.6 is 0 Å². The van der Waals surface area contributed by atoms with Crippen molar-refractivity contribution in [1.82, 2.24) is 0 Å². The summed E-state index contributed by atoms with van der Waals surface area (Å²) in [5.41, 5.74) is -5.26. The Kier molecular flexibility index (Phi) is 30.1. The molecular weight excluding hydrogens is 1610 g/mol. The highest BCUT2D eigenvalue weighted by Gasteiger charge is 2.71. The van der Waals surface area contributed by atoms with Crippen LogP contribution in [0.5, 0.6) is 0 Å². The molecule has 3 heterocycles. The molecule has 0 amide bonds. The summed E-state index contributed by atoms with van der Waals surface area (Å²) in [6.07, 6.45) is 29.2. The first-order chi connectivity index (χ1) is 58.5. The Hall–Kier alpha value is -5.91. The minimum absolute atomic E-state index is 0.0185. The number of esters is 11. The van der Waals surface area contributed by atoms with Gasteiger partial charge < -0.3 is 62.3 Å². The van der Waals surface area contributed by atoms with E-state index in [1.807, 2.05) is 118 Å². The van der Waals surface area contributed by atoms with Gasteiger partial charge in [-0.3, -0.25) is 47.9 Å². The fraction of sp³-hybridized carbons (Fsp3) is 0.892. The van der Waals surface area contributed by atoms with E-state index in [0.29, 0.717) is 98.9 Å². The molecule has 12 unspecified atom stereocenters. The predicted molar refractivity (Wildman–Crippen MR) is 470 cm³/mol. The van der Waals surface area contributed by atoms with E-state index in [1.165, 1.54) is 84.2 Å². The van der Waals surface area contributed by atoms with Crippen LogP contribution in [0.1, 0.15) is 365 Å². The van der Waals surface area contributed by atoms with Gasteiger partial charge in [-0.2, -0.15) is 0 Å². The summed E-state index contributed by atoms with van der Waals surface area (Å²) in [5, 5.41) is 21.3. The lowest BCUT2D eigenvalue weighted by molar-refractivity contribution is -0.226. The van der Waals surface area contributed by atoms with Crippen LogP contribution in [0.2, 0.25) is 0 Å². The van der Waals surface area contributed by atoms with E-state index in [2.05, 4.69) is 27.7 Å². The van der Waals surface area contributed by atoms with Crippen molar-refractivity contribution in [3.05, 3.63) is 0 Å². The maximum atomic E-state index is 12.5. The molecule has 0 radical (unpaired) electrons. The van der Waals surface area contributed by atoms with Crippen LogP contribution in [-0.2, 0) is 105 Å². The van der Waals surface area contributed by atoms with E-state index in [0.717, 1.165) is 101 Å². The van der Waals surface area contributed by atoms with Crippen molar-refractivity contribution in [2.45, 2.75) is 423 Å². The maximum absolute atomic E-state index is 12.5. The first-order valence-electron chi connectivity index (χ1n) is 49.1. The number of cyclic esters (lactones) is 2. The molecule has 0 aromatic heterocycles. The van der Waals surface area contributed by atoms with Crippen LogP contribution in [0.4, 0.5) is 0 Å². The van der Waals surface area contributed by atoms with Gasteiger partial charge in [0.05, 0.1) is 81.1 Å². The monoisotopic (exact) mass is 1770 g/mol. The highest BCUT2D eigenvalue weighted by molar-refractivity contribution is 5.87. The molecule has 126 heavy (non-hydrogen) atoms. The number of rotatable bonds is 22. The van der Waals surface area contributed by atoms with Gasteiger partial charge in [0.15, 0.2) is 0 Å². The summed E-state index contributed by atoms with van der Waals surface area (Å²) in [5.74, 6) is 4.71. The number of fused-ring (bicyclic) bond motifs is 1. The topological polar surface area (TPSA) is 330 Å². The number of methoxy groups -OCH3 is 1. The Morgan fingerprint density at radius 1 is 0.389 bits per heavy atom. The first-order valence-corrected chi connectivity index (χ1v) is 49.1. The van der Waals surface area contributed by atoms with Crippen molar-refractivity contribution in [2.24, 2.45) is 133 Å². The van der Waals surface area contributed by atoms with Crippen LogP contribution in [0.3, 0.4) is 0 Å². The minimum Gasteiger partial charge on any atom is -0.469 e. The van der Waals surface area contributed by atoms with E-state index in [1.54, 1.807) is 13.8 Å². The molecule has 0 aromatic carbocycles. The van der Waals surface area contributed by atoms with Gasteiger partial charge in [0.2, 0.25) is 6.10 Å². The van der Waals surface area contributed by atoms with Crippen LogP contribution in [0.25, 0.3) is 0 Å². The first kappa shape index (κ1) is 101. The molecule has 24 nitrogen and oxygen atoms in total. The molecule has 0 spiro atoms. The number of carbonyl (C=O) groups excluding carboxylic acids is 11. The largest absolute Gasteiger partial charge is 0.469 e. The third-order valence-electron chi connectivity index (χ3n) is 35.3. The Labute approximate surface area is 752 Å². The Balaban J connectivity index is 0.000000143. The molecule has 21 rings (SSSR count). The van der Waals surface area contributed by atoms with Crippen molar-refractivity contribution in [3.63, 3.8) is 0 Å². The number of hydrogen-bond acceptors (Lipinski definition) is 24. The number of aliphatic hydroxyl groups is 2. The molecule has 2 N–H and O–H groups in total. The summed E-state index contributed by atoms with van der Waals surface area (Å²) in [6.45, 7) is 45.7. The van der Waals surface area contributed by atoms with E-state index in [4.69, 9.17) is 52.1 Å². The molecule has 21 aliphatic rings. The van der Waals surface area contributed by atoms with E-state index in [-0.39, 0.29) is 118 Å². The number of ether oxygens (including phenoxy) is 11. The second-order valence-electron chi connectivity index (χ2n) is 47.6. The molecular formula is C102H162O24. The summed E-state index contributed by atoms with van der Waals surface area (Å²) in [6, 6.07) is 0. The fourth-order valence-electron chi connectivity index (χ4n) is 25.1. The lowest BCUT2D eigenvalue weighted by Gasteiger charge is -2.59. The van der Waals surface area contributed by atoms with Gasteiger partial charge in [-0.15, -0.1) is 0 Å². The molecule has 12 atom stereocenters. The minimum atomic E-state index is -0.687. The third-order valence-corrected chi connectivity index (χ3v) is 35.3. The molecule has 18 aliphatic carbocycles. The second-order valence-corrected chi connectivity index (χ2v) is 47.6. The van der Waals surface area contributed by atoms with Crippen LogP contribution in [-0.4, -0.2) is 154 Å². The molecule has 21 fully saturated rings. The number of carbonyl (C=O) groups is 11. The zero-order valence-corrected chi connectivity index (χ0v) is 81.5. The second kappa shape index (κ2) is 37.6. The van der Waals surface area contributed by atoms with E-state index < -0.39 is 80.4 Å². The molecule has 714 valence electrons. The summed E-state index contributed by atoms with van der Waals surface area (Å²) in [4.78, 5) is 131. The zero-order valence-electron chi connectivity index (χ0n) is 81.5. The van der Waals surface area contributed by atoms with Crippen molar-refractivity contribution >= 4 is 65.7 Å². The summed E-state index contributed by atoms with van der Waals surface area (Å²) in [7, 11) is 1.31. The average Bonchev–Trinajstić information content (AvgIpc) is 0.794. The van der Waals surface area contributed by atoms with Crippen LogP contribution in [0, 0.1) is 133 Å². The third kappa shape index (κ3) is 21.6. The van der Waals surface area contributed by atoms with Crippen molar-refractivity contribution in [1.29, 1.82) is 0 Å². The van der Waals surface area contributed by atoms with Gasteiger partial charge in [0, 0.05) is 31.1 Å². The summed E-state index contributed by atoms with van der Waals surface area (Å²) < 4.78 is 59.7. The molecule has 18 saturated carbocycles. The fourth-order valence-corrected chi connectivity index (χ4v) is 25.1. The average molecular weight is 1770 g/mol. The normalized spacial score (nSPS) is 38.4. The maximum Gasteiger partial charge on any atom is 0.347 e. The molecule has 3 saturated heterocycles. The lowest BCUT2D eigenvalue weighted by atomic mass is 9.50. The van der Waals surface area contributed by atoms with E-state index in [9.17, 15) is 63.0 Å². The Bertz CT molecular complexity index is 3730. The van der Waals surface area contributed by atoms with Crippen LogP contribution in [0.15, 0.2) is 0 Å². The SMILES string of the molecule is CCC(C)(C)C(=O)OC1(C)C2CC3CC(C2)CC1C3.CCC(C)(C)C(=O)OC1(C)C2CC3CC(C2)CC1C3.CCC(C)(C)C(=O)OC12CC3CC(CC(O)(C3)C1)C2.CCC(C)(C)C(=O)OC12CC3CC(CC(O)(C3)C1)C2.CCC(C)(C)C(=O)OC1C2CC3C1OC(=O)C3C2C(=O)OC.CCC(C)(C)C(=O)OC1CCOC1=O.CCC(C)(C)C(=O)OC1COC(=O)C1. The van der Waals surface area contributed by atoms with Crippen molar-refractivity contribution < 1.29 is 115 Å². The highest BCUT2D eigenvalue weighted by atomic mass is 16.6. The van der Waals surface area contributed by atoms with Gasteiger partial charge in [0.25, 0.3) is 0 Å².